The van der Waals surface area contributed by atoms with Gasteiger partial charge in [0.1, 0.15) is 0 Å². The minimum absolute atomic E-state index is 0.486. The number of halogens is 4. The summed E-state index contributed by atoms with van der Waals surface area (Å²) >= 11 is 0. The maximum Gasteiger partial charge on any atom is 0.626 e. The van der Waals surface area contributed by atoms with Crippen molar-refractivity contribution >= 4 is 24.5 Å². The van der Waals surface area contributed by atoms with E-state index in [1.54, 1.807) is 83.1 Å². The maximum atomic E-state index is 16.7. The zero-order valence-corrected chi connectivity index (χ0v) is 19.5. The van der Waals surface area contributed by atoms with Crippen molar-refractivity contribution < 1.29 is 16.8 Å². The van der Waals surface area contributed by atoms with Gasteiger partial charge in [0, 0.05) is 0 Å². The minimum Gasteiger partial charge on any atom is -0.293 e. The fraction of sp³-hybridized carbons (Fsp3) is 1.00. The highest BCUT2D eigenvalue weighted by atomic mass is 28.5. The van der Waals surface area contributed by atoms with E-state index in [9.17, 15) is 8.63 Å². The Morgan fingerprint density at radius 2 is 0.708 bits per heavy atom. The highest BCUT2D eigenvalue weighted by Gasteiger charge is 2.74. The molecule has 24 heavy (non-hydrogen) atoms. The average Bonchev–Trinajstić information content (AvgIpc) is 2.21. The Hall–Kier alpha value is 0.179. The summed E-state index contributed by atoms with van der Waals surface area (Å²) in [6.07, 6.45) is 0. The van der Waals surface area contributed by atoms with E-state index >= 15 is 8.22 Å². The summed E-state index contributed by atoms with van der Waals surface area (Å²) in [6, 6.07) is 0. The molecule has 0 spiro atoms. The van der Waals surface area contributed by atoms with Crippen LogP contribution in [0.25, 0.3) is 0 Å². The number of nitrogens with zero attached hydrogens (tertiary/aromatic N) is 1. The van der Waals surface area contributed by atoms with Crippen molar-refractivity contribution in [2.75, 3.05) is 0 Å². The molecule has 0 saturated heterocycles. The van der Waals surface area contributed by atoms with Gasteiger partial charge in [-0.3, -0.25) is 21.0 Å². The molecule has 0 N–H and O–H groups in total. The summed E-state index contributed by atoms with van der Waals surface area (Å²) < 4.78 is 62.5. The summed E-state index contributed by atoms with van der Waals surface area (Å²) in [6.45, 7) is 19.5. The van der Waals surface area contributed by atoms with Crippen molar-refractivity contribution in [2.24, 2.45) is 0 Å². The van der Waals surface area contributed by atoms with Gasteiger partial charge in [-0.2, -0.15) is 0 Å². The Morgan fingerprint density at radius 1 is 0.542 bits per heavy atom. The van der Waals surface area contributed by atoms with Crippen LogP contribution in [0.3, 0.4) is 0 Å². The molecule has 0 radical (unpaired) electrons. The van der Waals surface area contributed by atoms with Gasteiger partial charge < -0.3 is 0 Å². The summed E-state index contributed by atoms with van der Waals surface area (Å²) in [4.78, 5) is 0. The zero-order valence-electron chi connectivity index (χ0n) is 17.5. The Morgan fingerprint density at radius 3 is 0.792 bits per heavy atom. The molecule has 0 aromatic rings. The lowest BCUT2D eigenvalue weighted by Gasteiger charge is -2.59. The quantitative estimate of drug-likeness (QED) is 0.281. The maximum absolute atomic E-state index is 16.7. The van der Waals surface area contributed by atoms with Crippen LogP contribution < -0.4 is 0 Å². The van der Waals surface area contributed by atoms with E-state index in [1.165, 1.54) is 0 Å². The highest BCUT2D eigenvalue weighted by molar-refractivity contribution is 6.98. The zero-order chi connectivity index (χ0) is 20.2. The molecule has 0 amide bonds. The molecule has 0 aliphatic rings. The first-order valence-corrected chi connectivity index (χ1v) is 12.2. The van der Waals surface area contributed by atoms with Crippen molar-refractivity contribution in [1.82, 2.24) is 4.14 Å². The van der Waals surface area contributed by atoms with Crippen LogP contribution in [-0.4, -0.2) is 28.7 Å². The SMILES string of the molecule is CC(C)(C)[Si](F)(N(B(F)F)[Si](F)(C(C)(C)C)C(C)(C)C)C(C)(C)C. The molecule has 144 valence electrons. The Labute approximate surface area is 149 Å². The van der Waals surface area contributed by atoms with Gasteiger partial charge in [-0.1, -0.05) is 83.1 Å². The fourth-order valence-electron chi connectivity index (χ4n) is 4.18. The molecule has 0 fully saturated rings. The molecule has 0 saturated carbocycles. The summed E-state index contributed by atoms with van der Waals surface area (Å²) in [5.41, 5.74) is 0. The Bertz CT molecular complexity index is 379. The summed E-state index contributed by atoms with van der Waals surface area (Å²) in [5.74, 6) is 0. The predicted molar refractivity (Wildman–Crippen MR) is 102 cm³/mol. The van der Waals surface area contributed by atoms with Gasteiger partial charge in [-0.25, -0.2) is 0 Å². The van der Waals surface area contributed by atoms with E-state index < -0.39 is 44.7 Å². The van der Waals surface area contributed by atoms with Crippen molar-refractivity contribution in [2.45, 2.75) is 103 Å². The van der Waals surface area contributed by atoms with Gasteiger partial charge >= 0.3 is 24.5 Å². The molecule has 0 aliphatic carbocycles. The Balaban J connectivity index is 7.01. The second-order valence-corrected chi connectivity index (χ2v) is 20.8. The molecule has 0 aliphatic heterocycles. The van der Waals surface area contributed by atoms with Gasteiger partial charge in [0.15, 0.2) is 0 Å². The first-order chi connectivity index (χ1) is 10.1. The van der Waals surface area contributed by atoms with E-state index in [2.05, 4.69) is 0 Å². The van der Waals surface area contributed by atoms with Gasteiger partial charge in [-0.15, -0.1) is 0 Å². The monoisotopic (exact) mass is 385 g/mol. The smallest absolute Gasteiger partial charge is 0.293 e. The van der Waals surface area contributed by atoms with Crippen LogP contribution >= 0.6 is 0 Å². The third kappa shape index (κ3) is 3.65. The molecule has 0 heterocycles. The first-order valence-electron chi connectivity index (χ1n) is 8.52. The minimum atomic E-state index is -4.43. The molecule has 0 aromatic heterocycles. The van der Waals surface area contributed by atoms with Crippen LogP contribution in [-0.2, 0) is 0 Å². The van der Waals surface area contributed by atoms with Crippen LogP contribution in [0.2, 0.25) is 20.2 Å². The number of hydrogen-bond acceptors (Lipinski definition) is 1. The van der Waals surface area contributed by atoms with E-state index in [0.717, 1.165) is 0 Å². The third-order valence-corrected chi connectivity index (χ3v) is 16.4. The lowest BCUT2D eigenvalue weighted by Crippen LogP contribution is -2.77. The third-order valence-electron chi connectivity index (χ3n) is 4.83. The molecule has 1 nitrogen and oxygen atoms in total. The predicted octanol–water partition coefficient (Wildman–Crippen LogP) is 7.24. The molecule has 0 unspecified atom stereocenters. The van der Waals surface area contributed by atoms with Gasteiger partial charge in [0.2, 0.25) is 0 Å². The van der Waals surface area contributed by atoms with Crippen molar-refractivity contribution in [3.05, 3.63) is 0 Å². The topological polar surface area (TPSA) is 3.24 Å². The van der Waals surface area contributed by atoms with Crippen LogP contribution in [0.15, 0.2) is 0 Å². The van der Waals surface area contributed by atoms with Crippen LogP contribution in [0.5, 0.6) is 0 Å². The molecular formula is C16H36BF4NSi2. The lowest BCUT2D eigenvalue weighted by atomic mass is 10.2. The van der Waals surface area contributed by atoms with Gasteiger partial charge in [0.25, 0.3) is 0 Å². The largest absolute Gasteiger partial charge is 0.626 e. The van der Waals surface area contributed by atoms with E-state index in [0.29, 0.717) is 4.14 Å². The molecule has 0 atom stereocenters. The normalized spacial score (nSPS) is 15.9. The van der Waals surface area contributed by atoms with E-state index in [4.69, 9.17) is 0 Å². The fourth-order valence-corrected chi connectivity index (χ4v) is 17.8. The molecule has 0 bridgehead atoms. The van der Waals surface area contributed by atoms with E-state index in [-0.39, 0.29) is 0 Å². The van der Waals surface area contributed by atoms with Crippen molar-refractivity contribution in [1.29, 1.82) is 0 Å². The van der Waals surface area contributed by atoms with E-state index in [1.807, 2.05) is 0 Å². The standard InChI is InChI=1S/C16H36BF4NSi2/c1-13(2,3)23(20,14(4,5)6)22(17(18)19)24(21,15(7,8)9)16(10,11)12/h1-12H3. The lowest BCUT2D eigenvalue weighted by molar-refractivity contribution is 0.373. The molecule has 0 aromatic carbocycles. The summed E-state index contributed by atoms with van der Waals surface area (Å²) in [7, 11) is -12.0. The first kappa shape index (κ1) is 24.2. The van der Waals surface area contributed by atoms with Crippen molar-refractivity contribution in [3.8, 4) is 0 Å². The molecule has 0 rings (SSSR count). The number of rotatable bonds is 3. The second kappa shape index (κ2) is 6.41. The molecular weight excluding hydrogens is 349 g/mol. The highest BCUT2D eigenvalue weighted by Crippen LogP contribution is 2.62. The average molecular weight is 385 g/mol. The Kier molecular flexibility index (Phi) is 6.46. The van der Waals surface area contributed by atoms with Crippen LogP contribution in [0.1, 0.15) is 83.1 Å². The van der Waals surface area contributed by atoms with Gasteiger partial charge in [0.05, 0.1) is 0 Å². The van der Waals surface area contributed by atoms with Crippen LogP contribution in [0.4, 0.5) is 16.8 Å². The molecule has 8 heteroatoms. The summed E-state index contributed by atoms with van der Waals surface area (Å²) in [5, 5.41) is -4.21. The van der Waals surface area contributed by atoms with Crippen LogP contribution in [0, 0.1) is 0 Å². The van der Waals surface area contributed by atoms with Gasteiger partial charge in [-0.05, 0) is 20.2 Å². The van der Waals surface area contributed by atoms with Crippen molar-refractivity contribution in [3.63, 3.8) is 0 Å². The number of hydrogen-bond donors (Lipinski definition) is 0. The second-order valence-electron chi connectivity index (χ2n) is 10.9.